The van der Waals surface area contributed by atoms with Crippen LogP contribution < -0.4 is 4.74 Å². The van der Waals surface area contributed by atoms with Gasteiger partial charge in [0.05, 0.1) is 13.0 Å². The van der Waals surface area contributed by atoms with Gasteiger partial charge in [0.1, 0.15) is 19.2 Å². The average molecular weight is 288 g/mol. The topological polar surface area (TPSA) is 43.4 Å². The van der Waals surface area contributed by atoms with E-state index in [1.165, 1.54) is 5.56 Å². The second-order valence-corrected chi connectivity index (χ2v) is 12.4. The zero-order valence-corrected chi connectivity index (χ0v) is 13.3. The van der Waals surface area contributed by atoms with Crippen LogP contribution >= 0.6 is 14.3 Å². The van der Waals surface area contributed by atoms with Gasteiger partial charge in [0.2, 0.25) is 0 Å². The van der Waals surface area contributed by atoms with E-state index in [-0.39, 0.29) is 12.3 Å². The molecule has 1 rings (SSSR count). The Morgan fingerprint density at radius 3 is 2.39 bits per heavy atom. The fourth-order valence-electron chi connectivity index (χ4n) is 1.83. The molecule has 0 aliphatic rings. The molecule has 0 heterocycles. The largest absolute Gasteiger partial charge is 0.486 e. The normalized spacial score (nSPS) is 15.1. The minimum absolute atomic E-state index is 0.159. The van der Waals surface area contributed by atoms with Crippen molar-refractivity contribution in [1.82, 2.24) is 0 Å². The van der Waals surface area contributed by atoms with Crippen LogP contribution in [0.3, 0.4) is 0 Å². The molecule has 0 bridgehead atoms. The third-order valence-electron chi connectivity index (χ3n) is 2.45. The van der Waals surface area contributed by atoms with Gasteiger partial charge in [0.15, 0.2) is 0 Å². The Kier molecular flexibility index (Phi) is 5.25. The molecule has 102 valence electrons. The van der Waals surface area contributed by atoms with Gasteiger partial charge in [-0.25, -0.2) is 0 Å². The lowest BCUT2D eigenvalue weighted by molar-refractivity contribution is 0.377. The van der Waals surface area contributed by atoms with Crippen molar-refractivity contribution < 1.29 is 13.9 Å². The van der Waals surface area contributed by atoms with E-state index < -0.39 is 14.3 Å². The van der Waals surface area contributed by atoms with E-state index in [1.54, 1.807) is 20.0 Å². The van der Waals surface area contributed by atoms with Gasteiger partial charge in [-0.15, -0.1) is 0 Å². The Hall–Kier alpha value is -0.520. The van der Waals surface area contributed by atoms with E-state index >= 15 is 0 Å². The van der Waals surface area contributed by atoms with Crippen molar-refractivity contribution >= 4 is 14.3 Å². The van der Waals surface area contributed by atoms with Crippen molar-refractivity contribution in [2.24, 2.45) is 0 Å². The molecular formula is C13H22O3P2. The predicted octanol–water partition coefficient (Wildman–Crippen LogP) is 4.16. The second kappa shape index (κ2) is 6.08. The summed E-state index contributed by atoms with van der Waals surface area (Å²) in [7, 11) is -4.76. The maximum atomic E-state index is 12.3. The van der Waals surface area contributed by atoms with Gasteiger partial charge in [0, 0.05) is 0 Å². The summed E-state index contributed by atoms with van der Waals surface area (Å²) < 4.78 is 29.5. The second-order valence-electron chi connectivity index (χ2n) is 5.29. The molecule has 0 N–H and O–H groups in total. The lowest BCUT2D eigenvalue weighted by atomic mass is 10.2. The lowest BCUT2D eigenvalue weighted by Crippen LogP contribution is -2.02. The summed E-state index contributed by atoms with van der Waals surface area (Å²) in [4.78, 5) is 0. The molecule has 5 heteroatoms. The Morgan fingerprint density at radius 2 is 1.83 bits per heavy atom. The molecule has 3 nitrogen and oxygen atoms in total. The highest BCUT2D eigenvalue weighted by Gasteiger charge is 2.23. The molecule has 1 aromatic rings. The fraction of sp³-hybridized carbons (Fsp3) is 0.538. The van der Waals surface area contributed by atoms with Crippen molar-refractivity contribution in [3.63, 3.8) is 0 Å². The molecular weight excluding hydrogens is 266 g/mol. The van der Waals surface area contributed by atoms with Crippen LogP contribution in [0.15, 0.2) is 24.3 Å². The average Bonchev–Trinajstić information content (AvgIpc) is 2.24. The maximum Gasteiger partial charge on any atom is 0.141 e. The molecule has 18 heavy (non-hydrogen) atoms. The summed E-state index contributed by atoms with van der Waals surface area (Å²) >= 11 is 0. The number of aryl methyl sites for hydroxylation is 1. The highest BCUT2D eigenvalue weighted by Crippen LogP contribution is 2.55. The van der Waals surface area contributed by atoms with E-state index in [9.17, 15) is 9.13 Å². The van der Waals surface area contributed by atoms with Crippen molar-refractivity contribution in [2.45, 2.75) is 13.3 Å². The first kappa shape index (κ1) is 15.5. The number of rotatable bonds is 6. The first-order valence-corrected chi connectivity index (χ1v) is 11.3. The molecule has 1 aromatic carbocycles. The zero-order chi connectivity index (χ0) is 13.8. The van der Waals surface area contributed by atoms with E-state index in [1.807, 2.05) is 24.3 Å². The summed E-state index contributed by atoms with van der Waals surface area (Å²) in [5, 5.41) is 0. The maximum absolute atomic E-state index is 12.3. The van der Waals surface area contributed by atoms with Crippen LogP contribution in [0.2, 0.25) is 0 Å². The predicted molar refractivity (Wildman–Crippen MR) is 79.2 cm³/mol. The standard InChI is InChI=1S/C13H22O3P2/c1-5-12-7-6-8-13(9-12)16-10-18(4,15)11-17(2,3)14/h6-9H,5,10-11H2,1-4H3. The van der Waals surface area contributed by atoms with E-state index in [0.717, 1.165) is 12.2 Å². The summed E-state index contributed by atoms with van der Waals surface area (Å²) in [6, 6.07) is 7.78. The zero-order valence-electron chi connectivity index (χ0n) is 11.5. The Balaban J connectivity index is 2.64. The number of ether oxygens (including phenoxy) is 1. The van der Waals surface area contributed by atoms with Gasteiger partial charge >= 0.3 is 0 Å². The molecule has 0 radical (unpaired) electrons. The van der Waals surface area contributed by atoms with Crippen molar-refractivity contribution in [1.29, 1.82) is 0 Å². The van der Waals surface area contributed by atoms with Crippen LogP contribution in [0.25, 0.3) is 0 Å². The number of hydrogen-bond donors (Lipinski definition) is 0. The fourth-order valence-corrected chi connectivity index (χ4v) is 8.34. The third kappa shape index (κ3) is 5.89. The summed E-state index contributed by atoms with van der Waals surface area (Å²) in [5.74, 6) is 1.01. The van der Waals surface area contributed by atoms with Crippen LogP contribution in [0.5, 0.6) is 5.75 Å². The summed E-state index contributed by atoms with van der Waals surface area (Å²) in [6.45, 7) is 7.08. The molecule has 0 spiro atoms. The quantitative estimate of drug-likeness (QED) is 0.738. The third-order valence-corrected chi connectivity index (χ3v) is 8.24. The molecule has 1 atom stereocenters. The lowest BCUT2D eigenvalue weighted by Gasteiger charge is -2.16. The van der Waals surface area contributed by atoms with Gasteiger partial charge in [0.25, 0.3) is 0 Å². The SMILES string of the molecule is CCc1cccc(OCP(C)(=O)CP(C)(C)=O)c1. The van der Waals surface area contributed by atoms with Crippen molar-refractivity contribution in [3.8, 4) is 5.75 Å². The highest BCUT2D eigenvalue weighted by molar-refractivity contribution is 7.79. The van der Waals surface area contributed by atoms with E-state index in [2.05, 4.69) is 6.92 Å². The molecule has 0 saturated heterocycles. The van der Waals surface area contributed by atoms with Crippen molar-refractivity contribution in [3.05, 3.63) is 29.8 Å². The molecule has 1 unspecified atom stereocenters. The van der Waals surface area contributed by atoms with Gasteiger partial charge in [-0.05, 0) is 44.1 Å². The van der Waals surface area contributed by atoms with Gasteiger partial charge in [-0.2, -0.15) is 0 Å². The van der Waals surface area contributed by atoms with Crippen LogP contribution in [0.1, 0.15) is 12.5 Å². The van der Waals surface area contributed by atoms with Crippen LogP contribution in [-0.4, -0.2) is 32.2 Å². The van der Waals surface area contributed by atoms with Gasteiger partial charge in [-0.1, -0.05) is 19.1 Å². The van der Waals surface area contributed by atoms with Gasteiger partial charge < -0.3 is 13.9 Å². The molecule has 0 aromatic heterocycles. The molecule has 0 amide bonds. The van der Waals surface area contributed by atoms with Crippen LogP contribution in [-0.2, 0) is 15.6 Å². The first-order chi connectivity index (χ1) is 8.22. The molecule has 0 aliphatic carbocycles. The van der Waals surface area contributed by atoms with Crippen LogP contribution in [0.4, 0.5) is 0 Å². The van der Waals surface area contributed by atoms with E-state index in [4.69, 9.17) is 4.74 Å². The molecule has 0 saturated carbocycles. The number of hydrogen-bond acceptors (Lipinski definition) is 3. The van der Waals surface area contributed by atoms with Crippen LogP contribution in [0, 0.1) is 0 Å². The van der Waals surface area contributed by atoms with E-state index in [0.29, 0.717) is 0 Å². The minimum atomic E-state index is -2.49. The highest BCUT2D eigenvalue weighted by atomic mass is 31.2. The Morgan fingerprint density at radius 1 is 1.17 bits per heavy atom. The monoisotopic (exact) mass is 288 g/mol. The Bertz CT molecular complexity index is 491. The number of benzene rings is 1. The molecule has 0 aliphatic heterocycles. The summed E-state index contributed by atoms with van der Waals surface area (Å²) in [6.07, 6.45) is 1.10. The summed E-state index contributed by atoms with van der Waals surface area (Å²) in [5.41, 5.74) is 1.19. The van der Waals surface area contributed by atoms with Crippen molar-refractivity contribution in [2.75, 3.05) is 32.2 Å². The smallest absolute Gasteiger partial charge is 0.141 e. The minimum Gasteiger partial charge on any atom is -0.486 e. The Labute approximate surface area is 110 Å². The molecule has 0 fully saturated rings. The first-order valence-electron chi connectivity index (χ1n) is 6.03. The van der Waals surface area contributed by atoms with Gasteiger partial charge in [-0.3, -0.25) is 0 Å².